The highest BCUT2D eigenvalue weighted by Gasteiger charge is 2.03. The third-order valence-electron chi connectivity index (χ3n) is 1.89. The molecule has 1 aromatic carbocycles. The lowest BCUT2D eigenvalue weighted by Gasteiger charge is -1.93. The number of nitrogen functional groups attached to an aromatic ring is 1. The van der Waals surface area contributed by atoms with Gasteiger partial charge in [-0.1, -0.05) is 0 Å². The summed E-state index contributed by atoms with van der Waals surface area (Å²) in [6.07, 6.45) is 0. The molecule has 1 heterocycles. The van der Waals surface area contributed by atoms with Crippen LogP contribution in [0.5, 0.6) is 0 Å². The van der Waals surface area contributed by atoms with Crippen molar-refractivity contribution in [3.8, 4) is 0 Å². The molecule has 0 amide bonds. The van der Waals surface area contributed by atoms with Crippen molar-refractivity contribution in [1.82, 2.24) is 4.98 Å². The average molecular weight is 208 g/mol. The van der Waals surface area contributed by atoms with Gasteiger partial charge in [0.15, 0.2) is 0 Å². The number of nitrogens with two attached hydrogens (primary N) is 1. The quantitative estimate of drug-likeness (QED) is 0.788. The largest absolute Gasteiger partial charge is 0.399 e. The van der Waals surface area contributed by atoms with Gasteiger partial charge in [0, 0.05) is 12.3 Å². The molecule has 2 rings (SSSR count). The minimum absolute atomic E-state index is 0.593. The van der Waals surface area contributed by atoms with Crippen LogP contribution in [0.2, 0.25) is 0 Å². The number of hydrogen-bond acceptors (Lipinski definition) is 4. The van der Waals surface area contributed by atoms with Crippen molar-refractivity contribution in [2.24, 2.45) is 0 Å². The van der Waals surface area contributed by atoms with E-state index in [4.69, 9.17) is 10.5 Å². The van der Waals surface area contributed by atoms with Crippen molar-refractivity contribution in [3.05, 3.63) is 23.2 Å². The van der Waals surface area contributed by atoms with Gasteiger partial charge in [-0.3, -0.25) is 0 Å². The Balaban J connectivity index is 2.32. The minimum Gasteiger partial charge on any atom is -0.399 e. The highest BCUT2D eigenvalue weighted by molar-refractivity contribution is 7.18. The van der Waals surface area contributed by atoms with Crippen LogP contribution >= 0.6 is 11.3 Å². The van der Waals surface area contributed by atoms with Gasteiger partial charge in [0.25, 0.3) is 0 Å². The summed E-state index contributed by atoms with van der Waals surface area (Å²) in [6, 6.07) is 5.76. The summed E-state index contributed by atoms with van der Waals surface area (Å²) in [7, 11) is 0. The monoisotopic (exact) mass is 208 g/mol. The maximum Gasteiger partial charge on any atom is 0.120 e. The first-order valence-corrected chi connectivity index (χ1v) is 5.34. The van der Waals surface area contributed by atoms with Crippen molar-refractivity contribution in [3.63, 3.8) is 0 Å². The number of benzene rings is 1. The number of ether oxygens (including phenoxy) is 1. The molecule has 0 aliphatic carbocycles. The molecule has 1 aromatic heterocycles. The van der Waals surface area contributed by atoms with Gasteiger partial charge in [0.2, 0.25) is 0 Å². The Morgan fingerprint density at radius 1 is 1.50 bits per heavy atom. The zero-order chi connectivity index (χ0) is 9.97. The fourth-order valence-electron chi connectivity index (χ4n) is 1.24. The van der Waals surface area contributed by atoms with Crippen LogP contribution in [0.1, 0.15) is 11.9 Å². The molecule has 0 fully saturated rings. The van der Waals surface area contributed by atoms with E-state index in [0.717, 1.165) is 27.5 Å². The smallest absolute Gasteiger partial charge is 0.120 e. The third kappa shape index (κ3) is 1.86. The van der Waals surface area contributed by atoms with Gasteiger partial charge in [0.05, 0.1) is 16.8 Å². The fraction of sp³-hybridized carbons (Fsp3) is 0.300. The number of hydrogen-bond donors (Lipinski definition) is 1. The lowest BCUT2D eigenvalue weighted by atomic mass is 10.3. The van der Waals surface area contributed by atoms with E-state index < -0.39 is 0 Å². The maximum atomic E-state index is 5.68. The first-order chi connectivity index (χ1) is 6.79. The minimum atomic E-state index is 0.593. The molecule has 3 nitrogen and oxygen atoms in total. The van der Waals surface area contributed by atoms with Crippen molar-refractivity contribution >= 4 is 27.2 Å². The predicted octanol–water partition coefficient (Wildman–Crippen LogP) is 2.42. The van der Waals surface area contributed by atoms with Gasteiger partial charge in [-0.05, 0) is 25.1 Å². The topological polar surface area (TPSA) is 48.1 Å². The van der Waals surface area contributed by atoms with Crippen molar-refractivity contribution < 1.29 is 4.74 Å². The number of aromatic nitrogens is 1. The van der Waals surface area contributed by atoms with E-state index in [2.05, 4.69) is 4.98 Å². The lowest BCUT2D eigenvalue weighted by Crippen LogP contribution is -1.89. The third-order valence-corrected chi connectivity index (χ3v) is 2.88. The average Bonchev–Trinajstić information content (AvgIpc) is 2.56. The van der Waals surface area contributed by atoms with Gasteiger partial charge in [-0.15, -0.1) is 11.3 Å². The highest BCUT2D eigenvalue weighted by atomic mass is 32.1. The Morgan fingerprint density at radius 2 is 2.36 bits per heavy atom. The van der Waals surface area contributed by atoms with Gasteiger partial charge < -0.3 is 10.5 Å². The second-order valence-electron chi connectivity index (χ2n) is 2.97. The van der Waals surface area contributed by atoms with E-state index in [0.29, 0.717) is 6.61 Å². The molecule has 0 saturated carbocycles. The van der Waals surface area contributed by atoms with Crippen LogP contribution < -0.4 is 5.73 Å². The number of rotatable bonds is 3. The lowest BCUT2D eigenvalue weighted by molar-refractivity contribution is 0.134. The fourth-order valence-corrected chi connectivity index (χ4v) is 2.19. The molecular formula is C10H12N2OS. The normalized spacial score (nSPS) is 10.9. The van der Waals surface area contributed by atoms with Crippen LogP contribution in [0.15, 0.2) is 18.2 Å². The molecule has 0 unspecified atom stereocenters. The highest BCUT2D eigenvalue weighted by Crippen LogP contribution is 2.24. The summed E-state index contributed by atoms with van der Waals surface area (Å²) in [6.45, 7) is 3.29. The molecule has 14 heavy (non-hydrogen) atoms. The number of thiazole rings is 1. The Morgan fingerprint density at radius 3 is 3.14 bits per heavy atom. The van der Waals surface area contributed by atoms with Crippen LogP contribution in [0, 0.1) is 0 Å². The Bertz CT molecular complexity index is 439. The summed E-state index contributed by atoms with van der Waals surface area (Å²) in [4.78, 5) is 4.43. The van der Waals surface area contributed by atoms with Crippen LogP contribution in [-0.2, 0) is 11.3 Å². The summed E-state index contributed by atoms with van der Waals surface area (Å²) < 4.78 is 6.42. The summed E-state index contributed by atoms with van der Waals surface area (Å²) in [5.74, 6) is 0. The van der Waals surface area contributed by atoms with Gasteiger partial charge in [-0.25, -0.2) is 4.98 Å². The molecule has 0 bridgehead atoms. The van der Waals surface area contributed by atoms with Crippen LogP contribution in [-0.4, -0.2) is 11.6 Å². The molecule has 0 aliphatic heterocycles. The zero-order valence-electron chi connectivity index (χ0n) is 7.99. The van der Waals surface area contributed by atoms with Gasteiger partial charge in [-0.2, -0.15) is 0 Å². The van der Waals surface area contributed by atoms with Crippen molar-refractivity contribution in [2.45, 2.75) is 13.5 Å². The molecule has 0 aliphatic rings. The van der Waals surface area contributed by atoms with E-state index in [1.54, 1.807) is 11.3 Å². The van der Waals surface area contributed by atoms with E-state index in [1.165, 1.54) is 0 Å². The zero-order valence-corrected chi connectivity index (χ0v) is 8.80. The molecule has 0 atom stereocenters. The second kappa shape index (κ2) is 3.94. The maximum absolute atomic E-state index is 5.68. The van der Waals surface area contributed by atoms with Crippen molar-refractivity contribution in [2.75, 3.05) is 12.3 Å². The molecule has 4 heteroatoms. The first kappa shape index (κ1) is 9.43. The molecule has 0 spiro atoms. The van der Waals surface area contributed by atoms with E-state index >= 15 is 0 Å². The summed E-state index contributed by atoms with van der Waals surface area (Å²) >= 11 is 1.64. The number of nitrogens with zero attached hydrogens (tertiary/aromatic N) is 1. The Hall–Kier alpha value is -1.13. The summed E-state index contributed by atoms with van der Waals surface area (Å²) in [5, 5.41) is 1.01. The molecule has 2 N–H and O–H groups in total. The van der Waals surface area contributed by atoms with Crippen LogP contribution in [0.25, 0.3) is 10.2 Å². The predicted molar refractivity (Wildman–Crippen MR) is 59.4 cm³/mol. The molecule has 0 saturated heterocycles. The first-order valence-electron chi connectivity index (χ1n) is 4.52. The van der Waals surface area contributed by atoms with E-state index in [1.807, 2.05) is 25.1 Å². The Labute approximate surface area is 86.5 Å². The van der Waals surface area contributed by atoms with E-state index in [-0.39, 0.29) is 0 Å². The molecular weight excluding hydrogens is 196 g/mol. The number of anilines is 1. The second-order valence-corrected chi connectivity index (χ2v) is 4.09. The van der Waals surface area contributed by atoms with E-state index in [9.17, 15) is 0 Å². The van der Waals surface area contributed by atoms with Crippen LogP contribution in [0.3, 0.4) is 0 Å². The van der Waals surface area contributed by atoms with Gasteiger partial charge in [0.1, 0.15) is 5.01 Å². The van der Waals surface area contributed by atoms with Gasteiger partial charge >= 0.3 is 0 Å². The molecule has 0 radical (unpaired) electrons. The summed E-state index contributed by atoms with van der Waals surface area (Å²) in [5.41, 5.74) is 7.46. The molecule has 2 aromatic rings. The molecule has 74 valence electrons. The van der Waals surface area contributed by atoms with Crippen molar-refractivity contribution in [1.29, 1.82) is 0 Å². The Kier molecular flexibility index (Phi) is 2.65. The SMILES string of the molecule is CCOCc1nc2ccc(N)cc2s1. The standard InChI is InChI=1S/C10H12N2OS/c1-2-13-6-10-12-8-4-3-7(11)5-9(8)14-10/h3-5H,2,6,11H2,1H3. The van der Waals surface area contributed by atoms with Crippen LogP contribution in [0.4, 0.5) is 5.69 Å². The number of fused-ring (bicyclic) bond motifs is 1.